The molecular formula is C21H29N3O. The normalized spacial score (nSPS) is 25.4. The number of likely N-dealkylation sites (tertiary alicyclic amines) is 1. The first-order valence-electron chi connectivity index (χ1n) is 9.73. The van der Waals surface area contributed by atoms with Crippen LogP contribution in [0.1, 0.15) is 49.8 Å². The molecule has 2 saturated heterocycles. The van der Waals surface area contributed by atoms with Crippen LogP contribution in [0.15, 0.2) is 24.3 Å². The average molecular weight is 339 g/mol. The monoisotopic (exact) mass is 339 g/mol. The number of piperidine rings is 2. The Morgan fingerprint density at radius 2 is 1.92 bits per heavy atom. The topological polar surface area (TPSA) is 48.1 Å². The molecule has 1 aromatic carbocycles. The fraction of sp³-hybridized carbons (Fsp3) is 0.571. The summed E-state index contributed by atoms with van der Waals surface area (Å²) in [4.78, 5) is 18.5. The number of carbonyl (C=O) groups is 1. The van der Waals surface area contributed by atoms with Gasteiger partial charge in [-0.3, -0.25) is 4.79 Å². The van der Waals surface area contributed by atoms with Crippen molar-refractivity contribution in [1.29, 1.82) is 0 Å². The Morgan fingerprint density at radius 3 is 2.68 bits per heavy atom. The Bertz CT molecular complexity index is 758. The molecule has 2 aliphatic heterocycles. The molecule has 2 aromatic rings. The first-order valence-corrected chi connectivity index (χ1v) is 9.73. The molecule has 2 aliphatic rings. The van der Waals surface area contributed by atoms with Crippen molar-refractivity contribution < 1.29 is 4.79 Å². The predicted octanol–water partition coefficient (Wildman–Crippen LogP) is 3.57. The lowest BCUT2D eigenvalue weighted by Crippen LogP contribution is -2.46. The molecule has 3 heterocycles. The van der Waals surface area contributed by atoms with Gasteiger partial charge < -0.3 is 15.2 Å². The SMILES string of the molecule is Cc1[nH]c2ccccc2c1C1CCN(C(=O)[C@H]2CCN[C@@H](C)C2)CC1. The Morgan fingerprint density at radius 1 is 1.16 bits per heavy atom. The first kappa shape index (κ1) is 16.6. The number of nitrogens with one attached hydrogen (secondary N) is 2. The standard InChI is InChI=1S/C21H29N3O/c1-14-13-17(7-10-22-14)21(25)24-11-8-16(9-12-24)20-15(2)23-19-6-4-3-5-18(19)20/h3-6,14,16-17,22-23H,7-13H2,1-2H3/t14-,17-/m0/s1. The number of amides is 1. The van der Waals surface area contributed by atoms with Gasteiger partial charge in [0.2, 0.25) is 5.91 Å². The van der Waals surface area contributed by atoms with Crippen LogP contribution in [-0.4, -0.2) is 41.5 Å². The van der Waals surface area contributed by atoms with Crippen LogP contribution in [0.2, 0.25) is 0 Å². The van der Waals surface area contributed by atoms with Crippen LogP contribution in [0, 0.1) is 12.8 Å². The summed E-state index contributed by atoms with van der Waals surface area (Å²) in [6.45, 7) is 7.15. The second kappa shape index (κ2) is 6.83. The molecule has 25 heavy (non-hydrogen) atoms. The minimum Gasteiger partial charge on any atom is -0.358 e. The fourth-order valence-electron chi connectivity index (χ4n) is 4.83. The maximum Gasteiger partial charge on any atom is 0.225 e. The van der Waals surface area contributed by atoms with Crippen molar-refractivity contribution in [3.05, 3.63) is 35.5 Å². The quantitative estimate of drug-likeness (QED) is 0.879. The summed E-state index contributed by atoms with van der Waals surface area (Å²) in [5.74, 6) is 1.18. The summed E-state index contributed by atoms with van der Waals surface area (Å²) < 4.78 is 0. The number of fused-ring (bicyclic) bond motifs is 1. The Kier molecular flexibility index (Phi) is 4.55. The zero-order chi connectivity index (χ0) is 17.4. The molecule has 1 amide bonds. The molecule has 2 fully saturated rings. The molecule has 0 bridgehead atoms. The molecule has 0 unspecified atom stereocenters. The van der Waals surface area contributed by atoms with E-state index in [1.54, 1.807) is 0 Å². The van der Waals surface area contributed by atoms with Crippen LogP contribution in [0.4, 0.5) is 0 Å². The lowest BCUT2D eigenvalue weighted by molar-refractivity contribution is -0.137. The molecule has 4 rings (SSSR count). The number of H-pyrrole nitrogens is 1. The number of para-hydroxylation sites is 1. The largest absolute Gasteiger partial charge is 0.358 e. The Labute approximate surface area is 150 Å². The van der Waals surface area contributed by atoms with Gasteiger partial charge in [0.05, 0.1) is 0 Å². The van der Waals surface area contributed by atoms with Crippen molar-refractivity contribution in [2.45, 2.75) is 51.5 Å². The minimum absolute atomic E-state index is 0.225. The van der Waals surface area contributed by atoms with Crippen molar-refractivity contribution in [2.75, 3.05) is 19.6 Å². The second-order valence-corrected chi connectivity index (χ2v) is 7.89. The summed E-state index contributed by atoms with van der Waals surface area (Å²) in [6.07, 6.45) is 4.13. The van der Waals surface area contributed by atoms with Crippen LogP contribution in [0.3, 0.4) is 0 Å². The van der Waals surface area contributed by atoms with E-state index in [9.17, 15) is 4.79 Å². The maximum atomic E-state index is 12.9. The van der Waals surface area contributed by atoms with Crippen LogP contribution >= 0.6 is 0 Å². The number of nitrogens with zero attached hydrogens (tertiary/aromatic N) is 1. The lowest BCUT2D eigenvalue weighted by Gasteiger charge is -2.36. The lowest BCUT2D eigenvalue weighted by atomic mass is 9.86. The van der Waals surface area contributed by atoms with E-state index in [4.69, 9.17) is 0 Å². The van der Waals surface area contributed by atoms with Gasteiger partial charge in [-0.25, -0.2) is 0 Å². The van der Waals surface area contributed by atoms with Crippen molar-refractivity contribution in [3.8, 4) is 0 Å². The third kappa shape index (κ3) is 3.20. The summed E-state index contributed by atoms with van der Waals surface area (Å²) in [5.41, 5.74) is 3.99. The number of carbonyl (C=O) groups excluding carboxylic acids is 1. The van der Waals surface area contributed by atoms with E-state index >= 15 is 0 Å². The van der Waals surface area contributed by atoms with E-state index < -0.39 is 0 Å². The van der Waals surface area contributed by atoms with Gasteiger partial charge in [0.1, 0.15) is 0 Å². The summed E-state index contributed by atoms with van der Waals surface area (Å²) in [6, 6.07) is 9.05. The third-order valence-corrected chi connectivity index (χ3v) is 6.13. The van der Waals surface area contributed by atoms with Crippen molar-refractivity contribution in [2.24, 2.45) is 5.92 Å². The van der Waals surface area contributed by atoms with Crippen LogP contribution in [-0.2, 0) is 4.79 Å². The zero-order valence-electron chi connectivity index (χ0n) is 15.3. The molecule has 1 aromatic heterocycles. The molecular weight excluding hydrogens is 310 g/mol. The van der Waals surface area contributed by atoms with Gasteiger partial charge in [-0.1, -0.05) is 18.2 Å². The van der Waals surface area contributed by atoms with E-state index in [1.165, 1.54) is 22.2 Å². The third-order valence-electron chi connectivity index (χ3n) is 6.13. The fourth-order valence-corrected chi connectivity index (χ4v) is 4.83. The molecule has 4 heteroatoms. The van der Waals surface area contributed by atoms with Gasteiger partial charge in [0, 0.05) is 41.6 Å². The predicted molar refractivity (Wildman–Crippen MR) is 102 cm³/mol. The number of benzene rings is 1. The van der Waals surface area contributed by atoms with Crippen molar-refractivity contribution >= 4 is 16.8 Å². The van der Waals surface area contributed by atoms with E-state index in [2.05, 4.69) is 53.3 Å². The van der Waals surface area contributed by atoms with Gasteiger partial charge in [-0.2, -0.15) is 0 Å². The van der Waals surface area contributed by atoms with Gasteiger partial charge in [-0.15, -0.1) is 0 Å². The summed E-state index contributed by atoms with van der Waals surface area (Å²) >= 11 is 0. The minimum atomic E-state index is 0.225. The van der Waals surface area contributed by atoms with Gasteiger partial charge in [0.15, 0.2) is 0 Å². The van der Waals surface area contributed by atoms with E-state index in [0.717, 1.165) is 45.3 Å². The van der Waals surface area contributed by atoms with Gasteiger partial charge >= 0.3 is 0 Å². The summed E-state index contributed by atoms with van der Waals surface area (Å²) in [5, 5.41) is 4.80. The smallest absolute Gasteiger partial charge is 0.225 e. The first-order chi connectivity index (χ1) is 12.1. The highest BCUT2D eigenvalue weighted by molar-refractivity contribution is 5.85. The number of rotatable bonds is 2. The Balaban J connectivity index is 1.44. The number of aromatic nitrogens is 1. The van der Waals surface area contributed by atoms with Crippen LogP contribution < -0.4 is 5.32 Å². The van der Waals surface area contributed by atoms with Crippen LogP contribution in [0.5, 0.6) is 0 Å². The number of hydrogen-bond donors (Lipinski definition) is 2. The number of aryl methyl sites for hydroxylation is 1. The van der Waals surface area contributed by atoms with E-state index in [0.29, 0.717) is 17.9 Å². The average Bonchev–Trinajstić information content (AvgIpc) is 2.97. The molecule has 0 saturated carbocycles. The molecule has 2 atom stereocenters. The van der Waals surface area contributed by atoms with E-state index in [-0.39, 0.29) is 5.92 Å². The molecule has 2 N–H and O–H groups in total. The zero-order valence-corrected chi connectivity index (χ0v) is 15.3. The van der Waals surface area contributed by atoms with Crippen molar-refractivity contribution in [1.82, 2.24) is 15.2 Å². The number of aromatic amines is 1. The van der Waals surface area contributed by atoms with Gasteiger partial charge in [-0.05, 0) is 63.6 Å². The highest BCUT2D eigenvalue weighted by Crippen LogP contribution is 2.36. The Hall–Kier alpha value is -1.81. The summed E-state index contributed by atoms with van der Waals surface area (Å²) in [7, 11) is 0. The molecule has 0 spiro atoms. The second-order valence-electron chi connectivity index (χ2n) is 7.89. The molecule has 0 aliphatic carbocycles. The van der Waals surface area contributed by atoms with Crippen molar-refractivity contribution in [3.63, 3.8) is 0 Å². The molecule has 134 valence electrons. The molecule has 4 nitrogen and oxygen atoms in total. The highest BCUT2D eigenvalue weighted by atomic mass is 16.2. The van der Waals surface area contributed by atoms with E-state index in [1.807, 2.05) is 0 Å². The number of hydrogen-bond acceptors (Lipinski definition) is 2. The maximum absolute atomic E-state index is 12.9. The highest BCUT2D eigenvalue weighted by Gasteiger charge is 2.32. The van der Waals surface area contributed by atoms with Gasteiger partial charge in [0.25, 0.3) is 0 Å². The molecule has 0 radical (unpaired) electrons. The van der Waals surface area contributed by atoms with Crippen LogP contribution in [0.25, 0.3) is 10.9 Å².